The number of amides is 1. The van der Waals surface area contributed by atoms with Crippen LogP contribution in [0.1, 0.15) is 35.6 Å². The summed E-state index contributed by atoms with van der Waals surface area (Å²) < 4.78 is 24.5. The van der Waals surface area contributed by atoms with E-state index in [1.807, 2.05) is 6.92 Å². The summed E-state index contributed by atoms with van der Waals surface area (Å²) in [4.78, 5) is 16.3. The summed E-state index contributed by atoms with van der Waals surface area (Å²) in [5.74, 6) is 0.329. The van der Waals surface area contributed by atoms with Crippen molar-refractivity contribution in [2.24, 2.45) is 0 Å². The average Bonchev–Trinajstić information content (AvgIpc) is 2.87. The van der Waals surface area contributed by atoms with E-state index in [2.05, 4.69) is 37.8 Å². The number of piperazine rings is 1. The molecule has 2 fully saturated rings. The van der Waals surface area contributed by atoms with E-state index >= 15 is 0 Å². The number of hydrogen-bond acceptors (Lipinski definition) is 4. The van der Waals surface area contributed by atoms with Gasteiger partial charge in [0.1, 0.15) is 0 Å². The maximum absolute atomic E-state index is 12.3. The molecule has 1 aromatic rings. The Morgan fingerprint density at radius 2 is 1.68 bits per heavy atom. The number of rotatable bonds is 3. The Labute approximate surface area is 150 Å². The van der Waals surface area contributed by atoms with Crippen molar-refractivity contribution < 1.29 is 13.2 Å². The molecule has 3 rings (SSSR count). The van der Waals surface area contributed by atoms with Crippen molar-refractivity contribution in [3.8, 4) is 0 Å². The standard InChI is InChI=1S/C19H28N2O3S/c1-5-19(22)21-7-6-20(17-11-25(23,24)12-18(17)21)10-16-9-14(3)13(2)8-15(16)4/h8-9,17-18H,5-7,10-12H2,1-4H3/t17-,18+/m0/s1. The predicted octanol–water partition coefficient (Wildman–Crippen LogP) is 1.83. The number of aryl methyl sites for hydroxylation is 3. The molecule has 1 amide bonds. The summed E-state index contributed by atoms with van der Waals surface area (Å²) in [6, 6.07) is 4.13. The molecular formula is C19H28N2O3S. The van der Waals surface area contributed by atoms with Gasteiger partial charge in [-0.1, -0.05) is 19.1 Å². The number of nitrogens with zero attached hydrogens (tertiary/aromatic N) is 2. The first-order chi connectivity index (χ1) is 11.7. The van der Waals surface area contributed by atoms with Gasteiger partial charge in [-0.05, 0) is 43.0 Å². The van der Waals surface area contributed by atoms with E-state index in [-0.39, 0.29) is 29.5 Å². The molecule has 0 spiro atoms. The van der Waals surface area contributed by atoms with Gasteiger partial charge in [0.25, 0.3) is 0 Å². The first kappa shape index (κ1) is 18.4. The molecule has 0 radical (unpaired) electrons. The average molecular weight is 365 g/mol. The first-order valence-corrected chi connectivity index (χ1v) is 10.8. The Bertz CT molecular complexity index is 788. The van der Waals surface area contributed by atoms with Crippen LogP contribution in [-0.4, -0.2) is 60.8 Å². The zero-order valence-electron chi connectivity index (χ0n) is 15.6. The van der Waals surface area contributed by atoms with Crippen LogP contribution in [0.15, 0.2) is 12.1 Å². The number of sulfone groups is 1. The van der Waals surface area contributed by atoms with Crippen LogP contribution in [0.3, 0.4) is 0 Å². The van der Waals surface area contributed by atoms with E-state index in [0.29, 0.717) is 13.0 Å². The first-order valence-electron chi connectivity index (χ1n) is 9.02. The second-order valence-corrected chi connectivity index (χ2v) is 9.64. The summed E-state index contributed by atoms with van der Waals surface area (Å²) >= 11 is 0. The van der Waals surface area contributed by atoms with E-state index in [9.17, 15) is 13.2 Å². The second-order valence-electron chi connectivity index (χ2n) is 7.49. The molecule has 0 saturated carbocycles. The van der Waals surface area contributed by atoms with Crippen LogP contribution in [-0.2, 0) is 21.2 Å². The van der Waals surface area contributed by atoms with E-state index in [1.54, 1.807) is 4.90 Å². The van der Waals surface area contributed by atoms with Crippen LogP contribution in [0.25, 0.3) is 0 Å². The molecule has 0 aliphatic carbocycles. The number of hydrogen-bond donors (Lipinski definition) is 0. The maximum atomic E-state index is 12.3. The summed E-state index contributed by atoms with van der Waals surface area (Å²) in [7, 11) is -3.09. The third-order valence-corrected chi connectivity index (χ3v) is 7.44. The van der Waals surface area contributed by atoms with Crippen LogP contribution < -0.4 is 0 Å². The molecule has 1 aromatic carbocycles. The third-order valence-electron chi connectivity index (χ3n) is 5.74. The third kappa shape index (κ3) is 3.60. The van der Waals surface area contributed by atoms with E-state index in [1.165, 1.54) is 22.3 Å². The zero-order chi connectivity index (χ0) is 18.4. The molecule has 2 aliphatic heterocycles. The Kier molecular flexibility index (Phi) is 4.95. The Hall–Kier alpha value is -1.40. The molecule has 6 heteroatoms. The molecule has 0 aromatic heterocycles. The minimum Gasteiger partial charge on any atom is -0.336 e. The van der Waals surface area contributed by atoms with Crippen LogP contribution in [0.2, 0.25) is 0 Å². The van der Waals surface area contributed by atoms with Crippen LogP contribution in [0.4, 0.5) is 0 Å². The Morgan fingerprint density at radius 3 is 2.36 bits per heavy atom. The Balaban J connectivity index is 1.86. The lowest BCUT2D eigenvalue weighted by atomic mass is 9.98. The van der Waals surface area contributed by atoms with E-state index in [0.717, 1.165) is 13.1 Å². The second kappa shape index (κ2) is 6.72. The van der Waals surface area contributed by atoms with Gasteiger partial charge in [-0.2, -0.15) is 0 Å². The predicted molar refractivity (Wildman–Crippen MR) is 99.3 cm³/mol. The van der Waals surface area contributed by atoms with Crippen molar-refractivity contribution in [3.05, 3.63) is 34.4 Å². The highest BCUT2D eigenvalue weighted by Crippen LogP contribution is 2.29. The van der Waals surface area contributed by atoms with Gasteiger partial charge in [0, 0.05) is 32.1 Å². The van der Waals surface area contributed by atoms with Gasteiger partial charge in [0.2, 0.25) is 5.91 Å². The van der Waals surface area contributed by atoms with Gasteiger partial charge < -0.3 is 4.90 Å². The lowest BCUT2D eigenvalue weighted by Gasteiger charge is -2.44. The van der Waals surface area contributed by atoms with Gasteiger partial charge in [0.15, 0.2) is 9.84 Å². The van der Waals surface area contributed by atoms with E-state index < -0.39 is 9.84 Å². The lowest BCUT2D eigenvalue weighted by Crippen LogP contribution is -2.60. The molecule has 0 bridgehead atoms. The van der Waals surface area contributed by atoms with Crippen molar-refractivity contribution >= 4 is 15.7 Å². The quantitative estimate of drug-likeness (QED) is 0.821. The van der Waals surface area contributed by atoms with Gasteiger partial charge in [0.05, 0.1) is 17.5 Å². The minimum absolute atomic E-state index is 0.0640. The molecule has 25 heavy (non-hydrogen) atoms. The van der Waals surface area contributed by atoms with Crippen molar-refractivity contribution in [1.29, 1.82) is 0 Å². The normalized spacial score (nSPS) is 25.8. The summed E-state index contributed by atoms with van der Waals surface area (Å²) in [5, 5.41) is 0. The largest absolute Gasteiger partial charge is 0.336 e. The fraction of sp³-hybridized carbons (Fsp3) is 0.632. The summed E-state index contributed by atoms with van der Waals surface area (Å²) in [6.07, 6.45) is 0.430. The number of carbonyl (C=O) groups excluding carboxylic acids is 1. The SMILES string of the molecule is CCC(=O)N1CCN(Cc2cc(C)c(C)cc2C)[C@H]2CS(=O)(=O)C[C@H]21. The highest BCUT2D eigenvalue weighted by atomic mass is 32.2. The number of fused-ring (bicyclic) bond motifs is 1. The molecule has 0 unspecified atom stereocenters. The minimum atomic E-state index is -3.09. The van der Waals surface area contributed by atoms with Crippen LogP contribution >= 0.6 is 0 Å². The van der Waals surface area contributed by atoms with Crippen LogP contribution in [0.5, 0.6) is 0 Å². The fourth-order valence-electron chi connectivity index (χ4n) is 4.14. The maximum Gasteiger partial charge on any atom is 0.222 e. The molecule has 2 atom stereocenters. The molecule has 2 saturated heterocycles. The summed E-state index contributed by atoms with van der Waals surface area (Å²) in [6.45, 7) is 10.3. The molecule has 2 heterocycles. The van der Waals surface area contributed by atoms with E-state index in [4.69, 9.17) is 0 Å². The van der Waals surface area contributed by atoms with Gasteiger partial charge in [-0.15, -0.1) is 0 Å². The topological polar surface area (TPSA) is 57.7 Å². The number of carbonyl (C=O) groups is 1. The highest BCUT2D eigenvalue weighted by Gasteiger charge is 2.47. The highest BCUT2D eigenvalue weighted by molar-refractivity contribution is 7.91. The van der Waals surface area contributed by atoms with Gasteiger partial charge in [-0.3, -0.25) is 9.69 Å². The van der Waals surface area contributed by atoms with Crippen molar-refractivity contribution in [1.82, 2.24) is 9.80 Å². The molecule has 5 nitrogen and oxygen atoms in total. The van der Waals surface area contributed by atoms with Crippen molar-refractivity contribution in [2.45, 2.75) is 52.7 Å². The zero-order valence-corrected chi connectivity index (χ0v) is 16.4. The fourth-order valence-corrected chi connectivity index (χ4v) is 6.16. The molecule has 0 N–H and O–H groups in total. The monoisotopic (exact) mass is 364 g/mol. The molecule has 138 valence electrons. The summed E-state index contributed by atoms with van der Waals surface area (Å²) in [5.41, 5.74) is 5.03. The van der Waals surface area contributed by atoms with Crippen molar-refractivity contribution in [3.63, 3.8) is 0 Å². The van der Waals surface area contributed by atoms with Crippen LogP contribution in [0, 0.1) is 20.8 Å². The van der Waals surface area contributed by atoms with Gasteiger partial charge >= 0.3 is 0 Å². The number of benzene rings is 1. The smallest absolute Gasteiger partial charge is 0.222 e. The van der Waals surface area contributed by atoms with Crippen molar-refractivity contribution in [2.75, 3.05) is 24.6 Å². The van der Waals surface area contributed by atoms with Gasteiger partial charge in [-0.25, -0.2) is 8.42 Å². The Morgan fingerprint density at radius 1 is 1.04 bits per heavy atom. The lowest BCUT2D eigenvalue weighted by molar-refractivity contribution is -0.136. The molecule has 2 aliphatic rings. The molecular weight excluding hydrogens is 336 g/mol.